The molecular formula is C18H15N5O2. The molecule has 0 spiro atoms. The van der Waals surface area contributed by atoms with Crippen molar-refractivity contribution in [1.29, 1.82) is 0 Å². The van der Waals surface area contributed by atoms with Crippen LogP contribution in [0.3, 0.4) is 0 Å². The number of nitrogens with zero attached hydrogens (tertiary/aromatic N) is 4. The molecule has 0 saturated carbocycles. The van der Waals surface area contributed by atoms with Gasteiger partial charge in [0.25, 0.3) is 0 Å². The molecule has 1 aliphatic rings. The van der Waals surface area contributed by atoms with Crippen molar-refractivity contribution in [3.05, 3.63) is 54.5 Å². The number of nitrogen functional groups attached to an aromatic ring is 1. The number of phenolic OH excluding ortho intramolecular Hbond substituents is 1. The third kappa shape index (κ3) is 2.81. The summed E-state index contributed by atoms with van der Waals surface area (Å²) in [5, 5.41) is 19.2. The molecule has 1 aromatic carbocycles. The maximum absolute atomic E-state index is 9.67. The molecule has 0 fully saturated rings. The highest BCUT2D eigenvalue weighted by atomic mass is 16.3. The molecule has 0 bridgehead atoms. The van der Waals surface area contributed by atoms with Gasteiger partial charge in [-0.2, -0.15) is 0 Å². The van der Waals surface area contributed by atoms with Gasteiger partial charge in [-0.15, -0.1) is 0 Å². The molecule has 0 saturated heterocycles. The van der Waals surface area contributed by atoms with Crippen molar-refractivity contribution in [3.8, 4) is 17.0 Å². The van der Waals surface area contributed by atoms with E-state index in [-0.39, 0.29) is 11.6 Å². The number of aliphatic hydroxyl groups excluding tert-OH is 1. The second kappa shape index (κ2) is 5.95. The molecule has 2 heterocycles. The predicted molar refractivity (Wildman–Crippen MR) is 94.4 cm³/mol. The fraction of sp³-hybridized carbons (Fsp3) is 0.111. The second-order valence-corrected chi connectivity index (χ2v) is 5.72. The number of aliphatic hydroxyl groups is 1. The van der Waals surface area contributed by atoms with Crippen molar-refractivity contribution in [1.82, 2.24) is 19.9 Å². The summed E-state index contributed by atoms with van der Waals surface area (Å²) in [5.41, 5.74) is 9.64. The van der Waals surface area contributed by atoms with Gasteiger partial charge in [0.1, 0.15) is 12.1 Å². The van der Waals surface area contributed by atoms with E-state index >= 15 is 0 Å². The lowest BCUT2D eigenvalue weighted by atomic mass is 9.98. The van der Waals surface area contributed by atoms with Crippen molar-refractivity contribution >= 4 is 22.6 Å². The van der Waals surface area contributed by atoms with Crippen LogP contribution in [-0.4, -0.2) is 36.3 Å². The summed E-state index contributed by atoms with van der Waals surface area (Å²) >= 11 is 0. The minimum atomic E-state index is -0.498. The molecule has 0 radical (unpaired) electrons. The van der Waals surface area contributed by atoms with Crippen molar-refractivity contribution in [3.63, 3.8) is 0 Å². The standard InChI is InChI=1S/C18H15N5O2/c19-17-16-18(21-9-20-17)23-15(11-3-7-13(25)8-4-11)14(22-16)10-1-5-12(24)6-2-10/h1-5,7-9,12,24-25H,6H2,(H2,19,20,21,23). The average molecular weight is 333 g/mol. The quantitative estimate of drug-likeness (QED) is 0.657. The van der Waals surface area contributed by atoms with Crippen molar-refractivity contribution in [2.75, 3.05) is 5.73 Å². The Labute approximate surface area is 143 Å². The Kier molecular flexibility index (Phi) is 3.62. The zero-order valence-electron chi connectivity index (χ0n) is 13.2. The molecule has 2 aromatic heterocycles. The number of phenols is 1. The van der Waals surface area contributed by atoms with E-state index in [9.17, 15) is 10.2 Å². The molecule has 124 valence electrons. The van der Waals surface area contributed by atoms with Gasteiger partial charge in [-0.25, -0.2) is 19.9 Å². The second-order valence-electron chi connectivity index (χ2n) is 5.72. The van der Waals surface area contributed by atoms with E-state index in [0.29, 0.717) is 29.0 Å². The molecule has 1 unspecified atom stereocenters. The molecule has 4 N–H and O–H groups in total. The van der Waals surface area contributed by atoms with Crippen LogP contribution in [-0.2, 0) is 0 Å². The van der Waals surface area contributed by atoms with Crippen molar-refractivity contribution in [2.45, 2.75) is 12.5 Å². The fourth-order valence-corrected chi connectivity index (χ4v) is 2.70. The van der Waals surface area contributed by atoms with Gasteiger partial charge in [-0.3, -0.25) is 0 Å². The van der Waals surface area contributed by atoms with Gasteiger partial charge in [0.2, 0.25) is 0 Å². The average Bonchev–Trinajstić information content (AvgIpc) is 2.63. The van der Waals surface area contributed by atoms with E-state index in [1.54, 1.807) is 30.3 Å². The summed E-state index contributed by atoms with van der Waals surface area (Å²) in [6.07, 6.45) is 6.79. The first-order chi connectivity index (χ1) is 12.1. The van der Waals surface area contributed by atoms with Gasteiger partial charge in [0.15, 0.2) is 17.0 Å². The van der Waals surface area contributed by atoms with E-state index in [0.717, 1.165) is 11.1 Å². The zero-order valence-corrected chi connectivity index (χ0v) is 13.2. The largest absolute Gasteiger partial charge is 0.508 e. The number of hydrogen-bond donors (Lipinski definition) is 3. The van der Waals surface area contributed by atoms with Gasteiger partial charge in [0.05, 0.1) is 17.5 Å². The first kappa shape index (κ1) is 15.2. The Morgan fingerprint density at radius 3 is 2.56 bits per heavy atom. The molecule has 4 rings (SSSR count). The number of rotatable bonds is 2. The van der Waals surface area contributed by atoms with E-state index < -0.39 is 6.10 Å². The normalized spacial score (nSPS) is 16.8. The van der Waals surface area contributed by atoms with Crippen LogP contribution in [0.2, 0.25) is 0 Å². The third-order valence-electron chi connectivity index (χ3n) is 3.99. The first-order valence-corrected chi connectivity index (χ1v) is 7.76. The van der Waals surface area contributed by atoms with E-state index in [1.807, 2.05) is 12.2 Å². The Balaban J connectivity index is 1.97. The molecule has 1 atom stereocenters. The number of hydrogen-bond acceptors (Lipinski definition) is 7. The lowest BCUT2D eigenvalue weighted by molar-refractivity contribution is 0.226. The summed E-state index contributed by atoms with van der Waals surface area (Å²) in [6.45, 7) is 0. The highest BCUT2D eigenvalue weighted by molar-refractivity contribution is 5.89. The fourth-order valence-electron chi connectivity index (χ4n) is 2.70. The molecule has 3 aromatic rings. The SMILES string of the molecule is Nc1ncnc2nc(-c3ccc(O)cc3)c(C3=CCC(O)C=C3)nc12. The monoisotopic (exact) mass is 333 g/mol. The van der Waals surface area contributed by atoms with Gasteiger partial charge < -0.3 is 15.9 Å². The van der Waals surface area contributed by atoms with Gasteiger partial charge in [0, 0.05) is 5.56 Å². The van der Waals surface area contributed by atoms with Gasteiger partial charge in [-0.1, -0.05) is 18.2 Å². The summed E-state index contributed by atoms with van der Waals surface area (Å²) < 4.78 is 0. The van der Waals surface area contributed by atoms with Crippen LogP contribution in [0, 0.1) is 0 Å². The van der Waals surface area contributed by atoms with Crippen LogP contribution >= 0.6 is 0 Å². The van der Waals surface area contributed by atoms with Crippen LogP contribution in [0.5, 0.6) is 5.75 Å². The summed E-state index contributed by atoms with van der Waals surface area (Å²) in [6, 6.07) is 6.71. The molecule has 25 heavy (non-hydrogen) atoms. The highest BCUT2D eigenvalue weighted by Crippen LogP contribution is 2.31. The number of aromatic nitrogens is 4. The van der Waals surface area contributed by atoms with E-state index in [4.69, 9.17) is 5.73 Å². The molecule has 0 aliphatic heterocycles. The number of benzene rings is 1. The number of fused-ring (bicyclic) bond motifs is 1. The number of aromatic hydroxyl groups is 1. The molecule has 1 aliphatic carbocycles. The van der Waals surface area contributed by atoms with Gasteiger partial charge >= 0.3 is 0 Å². The van der Waals surface area contributed by atoms with Crippen molar-refractivity contribution < 1.29 is 10.2 Å². The summed E-state index contributed by atoms with van der Waals surface area (Å²) in [5.74, 6) is 0.432. The highest BCUT2D eigenvalue weighted by Gasteiger charge is 2.18. The molecule has 0 amide bonds. The van der Waals surface area contributed by atoms with Gasteiger partial charge in [-0.05, 0) is 36.3 Å². The minimum Gasteiger partial charge on any atom is -0.508 e. The predicted octanol–water partition coefficient (Wildman–Crippen LogP) is 2.08. The van der Waals surface area contributed by atoms with Crippen molar-refractivity contribution in [2.24, 2.45) is 0 Å². The Bertz CT molecular complexity index is 1010. The van der Waals surface area contributed by atoms with Crippen LogP contribution < -0.4 is 5.73 Å². The lowest BCUT2D eigenvalue weighted by Crippen LogP contribution is -2.07. The topological polar surface area (TPSA) is 118 Å². The van der Waals surface area contributed by atoms with Crippen LogP contribution in [0.25, 0.3) is 28.0 Å². The van der Waals surface area contributed by atoms with E-state index in [2.05, 4.69) is 19.9 Å². The Morgan fingerprint density at radius 1 is 1.04 bits per heavy atom. The summed E-state index contributed by atoms with van der Waals surface area (Å²) in [4.78, 5) is 17.4. The number of nitrogens with two attached hydrogens (primary N) is 1. The maximum Gasteiger partial charge on any atom is 0.184 e. The Hall–Kier alpha value is -3.32. The van der Waals surface area contributed by atoms with E-state index in [1.165, 1.54) is 6.33 Å². The smallest absolute Gasteiger partial charge is 0.184 e. The van der Waals surface area contributed by atoms with Crippen LogP contribution in [0.15, 0.2) is 48.8 Å². The third-order valence-corrected chi connectivity index (χ3v) is 3.99. The minimum absolute atomic E-state index is 0.172. The van der Waals surface area contributed by atoms with Crippen LogP contribution in [0.4, 0.5) is 5.82 Å². The Morgan fingerprint density at radius 2 is 1.84 bits per heavy atom. The number of anilines is 1. The molecular weight excluding hydrogens is 318 g/mol. The zero-order chi connectivity index (χ0) is 17.4. The maximum atomic E-state index is 9.67. The summed E-state index contributed by atoms with van der Waals surface area (Å²) in [7, 11) is 0. The lowest BCUT2D eigenvalue weighted by Gasteiger charge is -2.15. The molecule has 7 heteroatoms. The molecule has 7 nitrogen and oxygen atoms in total. The number of allylic oxidation sites excluding steroid dienone is 2. The van der Waals surface area contributed by atoms with Crippen LogP contribution in [0.1, 0.15) is 12.1 Å². The first-order valence-electron chi connectivity index (χ1n) is 7.76.